The predicted molar refractivity (Wildman–Crippen MR) is 82.7 cm³/mol. The van der Waals surface area contributed by atoms with E-state index in [1.807, 2.05) is 6.20 Å². The highest BCUT2D eigenvalue weighted by atomic mass is 32.2. The van der Waals surface area contributed by atoms with Gasteiger partial charge in [-0.3, -0.25) is 4.68 Å². The van der Waals surface area contributed by atoms with Crippen LogP contribution >= 0.6 is 11.8 Å². The zero-order valence-electron chi connectivity index (χ0n) is 12.3. The Morgan fingerprint density at radius 3 is 3.05 bits per heavy atom. The zero-order valence-corrected chi connectivity index (χ0v) is 13.2. The van der Waals surface area contributed by atoms with Crippen LogP contribution in [0.5, 0.6) is 0 Å². The van der Waals surface area contributed by atoms with Crippen molar-refractivity contribution in [1.29, 1.82) is 0 Å². The number of nitrogens with zero attached hydrogens (tertiary/aromatic N) is 3. The molecule has 1 fully saturated rings. The smallest absolute Gasteiger partial charge is 0.0625 e. The number of likely N-dealkylation sites (tertiary alicyclic amines) is 1. The standard InChI is InChI=1S/C15H27N3S/c1-3-4-5-8-17-9-6-7-14(11-17)12-18-13-15(19-2)10-16-18/h10,13-14H,3-9,11-12H2,1-2H3/t14-/m1/s1. The molecule has 0 aliphatic carbocycles. The van der Waals surface area contributed by atoms with Gasteiger partial charge < -0.3 is 4.90 Å². The number of hydrogen-bond donors (Lipinski definition) is 0. The predicted octanol–water partition coefficient (Wildman–Crippen LogP) is 3.51. The zero-order chi connectivity index (χ0) is 13.5. The van der Waals surface area contributed by atoms with E-state index < -0.39 is 0 Å². The fourth-order valence-electron chi connectivity index (χ4n) is 2.90. The highest BCUT2D eigenvalue weighted by Crippen LogP contribution is 2.20. The van der Waals surface area contributed by atoms with E-state index in [9.17, 15) is 0 Å². The maximum atomic E-state index is 4.46. The molecule has 3 nitrogen and oxygen atoms in total. The van der Waals surface area contributed by atoms with Gasteiger partial charge in [-0.15, -0.1) is 11.8 Å². The van der Waals surface area contributed by atoms with Crippen molar-refractivity contribution in [1.82, 2.24) is 14.7 Å². The van der Waals surface area contributed by atoms with Crippen LogP contribution in [0, 0.1) is 5.92 Å². The van der Waals surface area contributed by atoms with Gasteiger partial charge in [-0.05, 0) is 44.5 Å². The van der Waals surface area contributed by atoms with E-state index in [4.69, 9.17) is 0 Å². The summed E-state index contributed by atoms with van der Waals surface area (Å²) in [7, 11) is 0. The summed E-state index contributed by atoms with van der Waals surface area (Å²) in [5.41, 5.74) is 0. The third-order valence-corrected chi connectivity index (χ3v) is 4.65. The van der Waals surface area contributed by atoms with Crippen molar-refractivity contribution in [3.8, 4) is 0 Å². The van der Waals surface area contributed by atoms with Crippen LogP contribution in [0.3, 0.4) is 0 Å². The van der Waals surface area contributed by atoms with E-state index >= 15 is 0 Å². The molecule has 0 saturated carbocycles. The topological polar surface area (TPSA) is 21.1 Å². The Morgan fingerprint density at radius 2 is 2.32 bits per heavy atom. The maximum absolute atomic E-state index is 4.46. The largest absolute Gasteiger partial charge is 0.303 e. The second-order valence-corrected chi connectivity index (χ2v) is 6.50. The van der Waals surface area contributed by atoms with Crippen LogP contribution in [0.2, 0.25) is 0 Å². The normalized spacial score (nSPS) is 20.8. The molecule has 0 unspecified atom stereocenters. The lowest BCUT2D eigenvalue weighted by Gasteiger charge is -2.32. The molecule has 1 atom stereocenters. The monoisotopic (exact) mass is 281 g/mol. The third kappa shape index (κ3) is 4.84. The van der Waals surface area contributed by atoms with Crippen molar-refractivity contribution >= 4 is 11.8 Å². The number of hydrogen-bond acceptors (Lipinski definition) is 3. The Morgan fingerprint density at radius 1 is 1.42 bits per heavy atom. The van der Waals surface area contributed by atoms with Gasteiger partial charge in [-0.1, -0.05) is 19.8 Å². The maximum Gasteiger partial charge on any atom is 0.0625 e. The quantitative estimate of drug-likeness (QED) is 0.564. The summed E-state index contributed by atoms with van der Waals surface area (Å²) < 4.78 is 2.13. The minimum absolute atomic E-state index is 0.782. The molecule has 19 heavy (non-hydrogen) atoms. The molecule has 0 bridgehead atoms. The molecule has 1 aliphatic heterocycles. The minimum Gasteiger partial charge on any atom is -0.303 e. The molecular weight excluding hydrogens is 254 g/mol. The van der Waals surface area contributed by atoms with E-state index in [0.717, 1.165) is 12.5 Å². The molecule has 1 aliphatic rings. The molecule has 4 heteroatoms. The molecule has 1 aromatic heterocycles. The molecule has 1 saturated heterocycles. The molecule has 0 N–H and O–H groups in total. The summed E-state index contributed by atoms with van der Waals surface area (Å²) >= 11 is 1.77. The van der Waals surface area contributed by atoms with Crippen LogP contribution in [0.25, 0.3) is 0 Å². The fourth-order valence-corrected chi connectivity index (χ4v) is 3.28. The van der Waals surface area contributed by atoms with Gasteiger partial charge in [0.15, 0.2) is 0 Å². The van der Waals surface area contributed by atoms with Crippen LogP contribution < -0.4 is 0 Å². The van der Waals surface area contributed by atoms with Crippen LogP contribution in [0.4, 0.5) is 0 Å². The summed E-state index contributed by atoms with van der Waals surface area (Å²) in [6, 6.07) is 0. The van der Waals surface area contributed by atoms with Gasteiger partial charge in [0.2, 0.25) is 0 Å². The number of piperidine rings is 1. The molecule has 0 aromatic carbocycles. The Hall–Kier alpha value is -0.480. The lowest BCUT2D eigenvalue weighted by Crippen LogP contribution is -2.37. The van der Waals surface area contributed by atoms with Crippen LogP contribution in [-0.2, 0) is 6.54 Å². The highest BCUT2D eigenvalue weighted by Gasteiger charge is 2.20. The van der Waals surface area contributed by atoms with Gasteiger partial charge in [0.05, 0.1) is 6.20 Å². The molecule has 2 rings (SSSR count). The number of thioether (sulfide) groups is 1. The lowest BCUT2D eigenvalue weighted by atomic mass is 9.98. The number of aromatic nitrogens is 2. The van der Waals surface area contributed by atoms with Gasteiger partial charge in [0, 0.05) is 24.2 Å². The Labute approximate surface area is 121 Å². The van der Waals surface area contributed by atoms with Gasteiger partial charge in [0.1, 0.15) is 0 Å². The Bertz CT molecular complexity index is 364. The van der Waals surface area contributed by atoms with Crippen molar-refractivity contribution < 1.29 is 0 Å². The molecule has 108 valence electrons. The summed E-state index contributed by atoms with van der Waals surface area (Å²) in [5.74, 6) is 0.782. The van der Waals surface area contributed by atoms with E-state index in [0.29, 0.717) is 0 Å². The molecule has 0 spiro atoms. The third-order valence-electron chi connectivity index (χ3n) is 3.97. The van der Waals surface area contributed by atoms with Crippen LogP contribution in [0.15, 0.2) is 17.3 Å². The SMILES string of the molecule is CCCCCN1CCC[C@@H](Cn2cc(SC)cn2)C1. The molecule has 0 radical (unpaired) electrons. The molecule has 2 heterocycles. The van der Waals surface area contributed by atoms with Crippen molar-refractivity contribution in [2.24, 2.45) is 5.92 Å². The first-order valence-corrected chi connectivity index (χ1v) is 8.83. The summed E-state index contributed by atoms with van der Waals surface area (Å²) in [4.78, 5) is 3.93. The van der Waals surface area contributed by atoms with Gasteiger partial charge >= 0.3 is 0 Å². The average molecular weight is 281 g/mol. The second-order valence-electron chi connectivity index (χ2n) is 5.62. The second kappa shape index (κ2) is 7.95. The molecular formula is C15H27N3S. The fraction of sp³-hybridized carbons (Fsp3) is 0.800. The highest BCUT2D eigenvalue weighted by molar-refractivity contribution is 7.98. The number of rotatable bonds is 7. The van der Waals surface area contributed by atoms with Crippen molar-refractivity contribution in [3.05, 3.63) is 12.4 Å². The van der Waals surface area contributed by atoms with E-state index in [-0.39, 0.29) is 0 Å². The summed E-state index contributed by atoms with van der Waals surface area (Å²) in [6.07, 6.45) is 13.0. The van der Waals surface area contributed by atoms with Crippen LogP contribution in [-0.4, -0.2) is 40.6 Å². The Kier molecular flexibility index (Phi) is 6.24. The molecule has 0 amide bonds. The van der Waals surface area contributed by atoms with E-state index in [1.54, 1.807) is 11.8 Å². The van der Waals surface area contributed by atoms with Crippen molar-refractivity contribution in [2.75, 3.05) is 25.9 Å². The summed E-state index contributed by atoms with van der Waals surface area (Å²) in [6.45, 7) is 7.22. The first-order chi connectivity index (χ1) is 9.31. The van der Waals surface area contributed by atoms with E-state index in [2.05, 4.69) is 34.1 Å². The molecule has 1 aromatic rings. The van der Waals surface area contributed by atoms with Crippen molar-refractivity contribution in [2.45, 2.75) is 50.5 Å². The first-order valence-electron chi connectivity index (χ1n) is 7.60. The Balaban J connectivity index is 1.77. The van der Waals surface area contributed by atoms with Crippen LogP contribution in [0.1, 0.15) is 39.0 Å². The minimum atomic E-state index is 0.782. The lowest BCUT2D eigenvalue weighted by molar-refractivity contribution is 0.157. The summed E-state index contributed by atoms with van der Waals surface area (Å²) in [5, 5.41) is 4.46. The van der Waals surface area contributed by atoms with E-state index in [1.165, 1.54) is 56.6 Å². The number of unbranched alkanes of at least 4 members (excludes halogenated alkanes) is 2. The first kappa shape index (κ1) is 14.9. The van der Waals surface area contributed by atoms with Crippen molar-refractivity contribution in [3.63, 3.8) is 0 Å². The van der Waals surface area contributed by atoms with Gasteiger partial charge in [0.25, 0.3) is 0 Å². The van der Waals surface area contributed by atoms with Gasteiger partial charge in [-0.25, -0.2) is 0 Å². The average Bonchev–Trinajstić information content (AvgIpc) is 2.87. The van der Waals surface area contributed by atoms with Gasteiger partial charge in [-0.2, -0.15) is 5.10 Å².